The van der Waals surface area contributed by atoms with Crippen LogP contribution < -0.4 is 19.5 Å². The van der Waals surface area contributed by atoms with E-state index in [1.807, 2.05) is 6.07 Å². The number of nitrogens with zero attached hydrogens (tertiary/aromatic N) is 1. The summed E-state index contributed by atoms with van der Waals surface area (Å²) < 4.78 is 15.7. The first-order chi connectivity index (χ1) is 11.1. The number of ether oxygens (including phenoxy) is 3. The third-order valence-electron chi connectivity index (χ3n) is 3.21. The van der Waals surface area contributed by atoms with Crippen molar-refractivity contribution in [2.75, 3.05) is 26.6 Å². The fourth-order valence-corrected chi connectivity index (χ4v) is 2.04. The molecule has 0 bridgehead atoms. The van der Waals surface area contributed by atoms with Gasteiger partial charge < -0.3 is 19.5 Å². The van der Waals surface area contributed by atoms with Gasteiger partial charge in [-0.15, -0.1) is 0 Å². The van der Waals surface area contributed by atoms with E-state index in [-0.39, 0.29) is 5.91 Å². The lowest BCUT2D eigenvalue weighted by molar-refractivity contribution is 0.102. The largest absolute Gasteiger partial charge is 0.496 e. The molecule has 6 nitrogen and oxygen atoms in total. The summed E-state index contributed by atoms with van der Waals surface area (Å²) in [5, 5.41) is 11.7. The van der Waals surface area contributed by atoms with Crippen LogP contribution in [0.2, 0.25) is 0 Å². The van der Waals surface area contributed by atoms with Crippen LogP contribution in [0.4, 0.5) is 5.69 Å². The molecule has 0 unspecified atom stereocenters. The van der Waals surface area contributed by atoms with Crippen molar-refractivity contribution in [1.82, 2.24) is 0 Å². The van der Waals surface area contributed by atoms with Gasteiger partial charge in [-0.25, -0.2) is 0 Å². The molecule has 23 heavy (non-hydrogen) atoms. The van der Waals surface area contributed by atoms with Gasteiger partial charge in [0.25, 0.3) is 5.91 Å². The second-order valence-electron chi connectivity index (χ2n) is 4.55. The van der Waals surface area contributed by atoms with Crippen LogP contribution in [0, 0.1) is 11.3 Å². The van der Waals surface area contributed by atoms with E-state index >= 15 is 0 Å². The maximum absolute atomic E-state index is 12.4. The zero-order chi connectivity index (χ0) is 16.8. The molecule has 2 aromatic rings. The van der Waals surface area contributed by atoms with Gasteiger partial charge in [0.05, 0.1) is 33.0 Å². The van der Waals surface area contributed by atoms with Crippen molar-refractivity contribution < 1.29 is 19.0 Å². The smallest absolute Gasteiger partial charge is 0.255 e. The molecule has 0 fully saturated rings. The zero-order valence-electron chi connectivity index (χ0n) is 13.0. The molecule has 0 aliphatic heterocycles. The molecule has 0 radical (unpaired) electrons. The number of benzene rings is 2. The Balaban J connectivity index is 2.38. The molecular formula is C17H16N2O4. The molecule has 0 saturated heterocycles. The Labute approximate surface area is 134 Å². The number of carbonyl (C=O) groups is 1. The van der Waals surface area contributed by atoms with E-state index in [1.165, 1.54) is 27.4 Å². The molecule has 0 saturated carbocycles. The lowest BCUT2D eigenvalue weighted by Gasteiger charge is -2.15. The second kappa shape index (κ2) is 7.18. The Kier molecular flexibility index (Phi) is 5.05. The topological polar surface area (TPSA) is 80.6 Å². The number of anilines is 1. The van der Waals surface area contributed by atoms with Crippen LogP contribution >= 0.6 is 0 Å². The molecule has 0 aliphatic rings. The van der Waals surface area contributed by atoms with E-state index in [4.69, 9.17) is 19.5 Å². The summed E-state index contributed by atoms with van der Waals surface area (Å²) in [6.07, 6.45) is 0. The molecule has 2 aromatic carbocycles. The highest BCUT2D eigenvalue weighted by molar-refractivity contribution is 6.06. The number of nitriles is 1. The summed E-state index contributed by atoms with van der Waals surface area (Å²) in [6, 6.07) is 11.7. The predicted octanol–water partition coefficient (Wildman–Crippen LogP) is 2.84. The molecule has 2 rings (SSSR count). The zero-order valence-corrected chi connectivity index (χ0v) is 13.0. The molecule has 0 aromatic heterocycles. The summed E-state index contributed by atoms with van der Waals surface area (Å²) in [5.41, 5.74) is 1.17. The number of carbonyl (C=O) groups excluding carboxylic acids is 1. The number of hydrogen-bond donors (Lipinski definition) is 1. The SMILES string of the molecule is COc1cc(OC)c(NC(=O)c2cccc(C#N)c2)c(OC)c1. The van der Waals surface area contributed by atoms with Gasteiger partial charge in [-0.1, -0.05) is 6.07 Å². The molecule has 0 spiro atoms. The lowest BCUT2D eigenvalue weighted by atomic mass is 10.1. The van der Waals surface area contributed by atoms with Crippen molar-refractivity contribution in [3.8, 4) is 23.3 Å². The van der Waals surface area contributed by atoms with Crippen molar-refractivity contribution in [2.45, 2.75) is 0 Å². The van der Waals surface area contributed by atoms with E-state index in [0.29, 0.717) is 34.1 Å². The standard InChI is InChI=1S/C17H16N2O4/c1-21-13-8-14(22-2)16(15(9-13)23-3)19-17(20)12-6-4-5-11(7-12)10-18/h4-9H,1-3H3,(H,19,20). The van der Waals surface area contributed by atoms with E-state index in [0.717, 1.165) is 0 Å². The van der Waals surface area contributed by atoms with Crippen molar-refractivity contribution in [3.05, 3.63) is 47.5 Å². The number of rotatable bonds is 5. The first-order valence-electron chi connectivity index (χ1n) is 6.74. The predicted molar refractivity (Wildman–Crippen MR) is 85.2 cm³/mol. The third kappa shape index (κ3) is 3.52. The van der Waals surface area contributed by atoms with Gasteiger partial charge in [-0.05, 0) is 18.2 Å². The van der Waals surface area contributed by atoms with Gasteiger partial charge in [-0.3, -0.25) is 4.79 Å². The van der Waals surface area contributed by atoms with E-state index in [9.17, 15) is 4.79 Å². The van der Waals surface area contributed by atoms with Gasteiger partial charge in [-0.2, -0.15) is 5.26 Å². The fraction of sp³-hybridized carbons (Fsp3) is 0.176. The molecule has 6 heteroatoms. The highest BCUT2D eigenvalue weighted by Crippen LogP contribution is 2.39. The van der Waals surface area contributed by atoms with Gasteiger partial charge >= 0.3 is 0 Å². The van der Waals surface area contributed by atoms with Crippen LogP contribution in [0.25, 0.3) is 0 Å². The Morgan fingerprint density at radius 1 is 1.04 bits per heavy atom. The average Bonchev–Trinajstić information content (AvgIpc) is 2.61. The monoisotopic (exact) mass is 312 g/mol. The quantitative estimate of drug-likeness (QED) is 0.918. The molecule has 1 N–H and O–H groups in total. The number of hydrogen-bond acceptors (Lipinski definition) is 5. The Hall–Kier alpha value is -3.20. The van der Waals surface area contributed by atoms with Crippen LogP contribution in [0.1, 0.15) is 15.9 Å². The summed E-state index contributed by atoms with van der Waals surface area (Å²) in [7, 11) is 4.50. The molecule has 0 atom stereocenters. The molecule has 1 amide bonds. The second-order valence-corrected chi connectivity index (χ2v) is 4.55. The Bertz CT molecular complexity index is 740. The van der Waals surface area contributed by atoms with Crippen molar-refractivity contribution in [2.24, 2.45) is 0 Å². The van der Waals surface area contributed by atoms with Crippen LogP contribution in [0.3, 0.4) is 0 Å². The van der Waals surface area contributed by atoms with E-state index in [2.05, 4.69) is 5.32 Å². The summed E-state index contributed by atoms with van der Waals surface area (Å²) in [5.74, 6) is 0.990. The highest BCUT2D eigenvalue weighted by Gasteiger charge is 2.17. The van der Waals surface area contributed by atoms with Crippen LogP contribution in [-0.4, -0.2) is 27.2 Å². The van der Waals surface area contributed by atoms with Crippen LogP contribution in [-0.2, 0) is 0 Å². The van der Waals surface area contributed by atoms with Gasteiger partial charge in [0, 0.05) is 17.7 Å². The van der Waals surface area contributed by atoms with Crippen LogP contribution in [0.15, 0.2) is 36.4 Å². The normalized spacial score (nSPS) is 9.65. The minimum Gasteiger partial charge on any atom is -0.496 e. The number of methoxy groups -OCH3 is 3. The summed E-state index contributed by atoms with van der Waals surface area (Å²) in [4.78, 5) is 12.4. The Morgan fingerprint density at radius 3 is 2.22 bits per heavy atom. The minimum atomic E-state index is -0.371. The molecule has 0 aliphatic carbocycles. The summed E-state index contributed by atoms with van der Waals surface area (Å²) in [6.45, 7) is 0. The fourth-order valence-electron chi connectivity index (χ4n) is 2.04. The van der Waals surface area contributed by atoms with Crippen molar-refractivity contribution >= 4 is 11.6 Å². The molecular weight excluding hydrogens is 296 g/mol. The highest BCUT2D eigenvalue weighted by atomic mass is 16.5. The average molecular weight is 312 g/mol. The minimum absolute atomic E-state index is 0.365. The van der Waals surface area contributed by atoms with Crippen molar-refractivity contribution in [1.29, 1.82) is 5.26 Å². The first kappa shape index (κ1) is 16.2. The van der Waals surface area contributed by atoms with Gasteiger partial charge in [0.2, 0.25) is 0 Å². The third-order valence-corrected chi connectivity index (χ3v) is 3.21. The lowest BCUT2D eigenvalue weighted by Crippen LogP contribution is -2.13. The van der Waals surface area contributed by atoms with Crippen LogP contribution in [0.5, 0.6) is 17.2 Å². The maximum atomic E-state index is 12.4. The number of amides is 1. The molecule has 0 heterocycles. The maximum Gasteiger partial charge on any atom is 0.255 e. The molecule has 118 valence electrons. The van der Waals surface area contributed by atoms with Gasteiger partial charge in [0.1, 0.15) is 22.9 Å². The Morgan fingerprint density at radius 2 is 1.70 bits per heavy atom. The first-order valence-corrected chi connectivity index (χ1v) is 6.74. The van der Waals surface area contributed by atoms with Gasteiger partial charge in [0.15, 0.2) is 0 Å². The number of nitrogens with one attached hydrogen (secondary N) is 1. The van der Waals surface area contributed by atoms with E-state index < -0.39 is 0 Å². The van der Waals surface area contributed by atoms with E-state index in [1.54, 1.807) is 30.3 Å². The summed E-state index contributed by atoms with van der Waals surface area (Å²) >= 11 is 0. The van der Waals surface area contributed by atoms with Crippen molar-refractivity contribution in [3.63, 3.8) is 0 Å².